The van der Waals surface area contributed by atoms with Crippen molar-refractivity contribution >= 4 is 0 Å². The molecule has 1 aliphatic heterocycles. The molecule has 0 spiro atoms. The van der Waals surface area contributed by atoms with Crippen molar-refractivity contribution in [3.8, 4) is 11.5 Å². The summed E-state index contributed by atoms with van der Waals surface area (Å²) in [7, 11) is 0. The molecule has 24 heavy (non-hydrogen) atoms. The largest absolute Gasteiger partial charge is 0.493 e. The van der Waals surface area contributed by atoms with E-state index in [-0.39, 0.29) is 12.6 Å². The molecule has 2 N–H and O–H groups in total. The fourth-order valence-corrected chi connectivity index (χ4v) is 3.09. The van der Waals surface area contributed by atoms with Crippen LogP contribution in [-0.4, -0.2) is 24.9 Å². The van der Waals surface area contributed by atoms with Crippen molar-refractivity contribution in [1.29, 1.82) is 0 Å². The molecule has 2 aromatic rings. The molecule has 2 aromatic carbocycles. The van der Waals surface area contributed by atoms with Gasteiger partial charge >= 0.3 is 0 Å². The zero-order valence-electron chi connectivity index (χ0n) is 14.1. The van der Waals surface area contributed by atoms with Gasteiger partial charge in [-0.15, -0.1) is 0 Å². The summed E-state index contributed by atoms with van der Waals surface area (Å²) in [6.07, 6.45) is 2.09. The number of ether oxygens (including phenoxy) is 2. The third kappa shape index (κ3) is 4.08. The van der Waals surface area contributed by atoms with Gasteiger partial charge in [-0.05, 0) is 31.9 Å². The Hall–Kier alpha value is -2.04. The summed E-state index contributed by atoms with van der Waals surface area (Å²) in [5.41, 5.74) is 3.59. The lowest BCUT2D eigenvalue weighted by Gasteiger charge is -2.20. The number of hydrogen-bond acceptors (Lipinski definition) is 4. The Kier molecular flexibility index (Phi) is 5.72. The number of aliphatic hydroxyl groups is 1. The van der Waals surface area contributed by atoms with E-state index in [0.29, 0.717) is 6.61 Å². The normalized spacial score (nSPS) is 16.8. The Bertz CT molecular complexity index is 672. The minimum absolute atomic E-state index is 0.0222. The summed E-state index contributed by atoms with van der Waals surface area (Å²) in [5.74, 6) is 1.81. The molecule has 4 nitrogen and oxygen atoms in total. The second kappa shape index (κ2) is 8.18. The van der Waals surface area contributed by atoms with Gasteiger partial charge in [0.2, 0.25) is 0 Å². The van der Waals surface area contributed by atoms with Gasteiger partial charge in [-0.25, -0.2) is 0 Å². The Morgan fingerprint density at radius 1 is 1.25 bits per heavy atom. The van der Waals surface area contributed by atoms with Crippen molar-refractivity contribution in [2.75, 3.05) is 19.8 Å². The van der Waals surface area contributed by atoms with Crippen molar-refractivity contribution < 1.29 is 14.6 Å². The van der Waals surface area contributed by atoms with Crippen molar-refractivity contribution in [1.82, 2.24) is 5.32 Å². The third-order valence-electron chi connectivity index (χ3n) is 4.30. The number of aryl methyl sites for hydroxylation is 1. The first kappa shape index (κ1) is 16.8. The molecule has 0 fully saturated rings. The first-order valence-corrected chi connectivity index (χ1v) is 8.56. The van der Waals surface area contributed by atoms with Crippen molar-refractivity contribution in [3.05, 3.63) is 59.2 Å². The van der Waals surface area contributed by atoms with Gasteiger partial charge in [0.25, 0.3) is 0 Å². The van der Waals surface area contributed by atoms with E-state index in [1.54, 1.807) is 0 Å². The van der Waals surface area contributed by atoms with Crippen LogP contribution in [0.3, 0.4) is 0 Å². The Balaban J connectivity index is 1.74. The van der Waals surface area contributed by atoms with Crippen molar-refractivity contribution in [2.24, 2.45) is 0 Å². The molecule has 0 bridgehead atoms. The number of para-hydroxylation sites is 1. The number of rotatable bonds is 6. The molecule has 0 aliphatic carbocycles. The standard InChI is InChI=1S/C20H25NO3/c1-15-8-9-20-17(13-15)18(6-4-11-23-20)21-14-16-5-2-3-7-19(16)24-12-10-22/h2-3,5,7-9,13,18,21-22H,4,6,10-12,14H2,1H3. The minimum atomic E-state index is 0.0222. The number of aliphatic hydroxyl groups excluding tert-OH is 1. The van der Waals surface area contributed by atoms with Crippen molar-refractivity contribution in [3.63, 3.8) is 0 Å². The maximum absolute atomic E-state index is 8.96. The lowest BCUT2D eigenvalue weighted by Crippen LogP contribution is -2.21. The van der Waals surface area contributed by atoms with Gasteiger partial charge in [0.05, 0.1) is 13.2 Å². The van der Waals surface area contributed by atoms with E-state index in [1.165, 1.54) is 11.1 Å². The van der Waals surface area contributed by atoms with E-state index >= 15 is 0 Å². The number of benzene rings is 2. The smallest absolute Gasteiger partial charge is 0.124 e. The van der Waals surface area contributed by atoms with Gasteiger partial charge in [0.15, 0.2) is 0 Å². The number of hydrogen-bond donors (Lipinski definition) is 2. The van der Waals surface area contributed by atoms with Crippen LogP contribution in [0.25, 0.3) is 0 Å². The summed E-state index contributed by atoms with van der Waals surface area (Å²) in [5, 5.41) is 12.6. The van der Waals surface area contributed by atoms with Crippen LogP contribution >= 0.6 is 0 Å². The number of nitrogens with one attached hydrogen (secondary N) is 1. The van der Waals surface area contributed by atoms with E-state index in [1.807, 2.05) is 18.2 Å². The molecule has 0 amide bonds. The average molecular weight is 327 g/mol. The van der Waals surface area contributed by atoms with Crippen LogP contribution in [0.4, 0.5) is 0 Å². The predicted octanol–water partition coefficient (Wildman–Crippen LogP) is 3.37. The highest BCUT2D eigenvalue weighted by Crippen LogP contribution is 2.32. The second-order valence-electron chi connectivity index (χ2n) is 6.15. The predicted molar refractivity (Wildman–Crippen MR) is 94.5 cm³/mol. The summed E-state index contributed by atoms with van der Waals surface area (Å²) in [4.78, 5) is 0. The van der Waals surface area contributed by atoms with Crippen LogP contribution in [-0.2, 0) is 6.54 Å². The Morgan fingerprint density at radius 3 is 3.00 bits per heavy atom. The van der Waals surface area contributed by atoms with Crippen LogP contribution in [0.1, 0.15) is 35.6 Å². The highest BCUT2D eigenvalue weighted by molar-refractivity contribution is 5.40. The summed E-state index contributed by atoms with van der Waals surface area (Å²) in [6.45, 7) is 3.94. The van der Waals surface area contributed by atoms with Crippen LogP contribution < -0.4 is 14.8 Å². The number of fused-ring (bicyclic) bond motifs is 1. The first-order valence-electron chi connectivity index (χ1n) is 8.56. The van der Waals surface area contributed by atoms with Gasteiger partial charge in [0.1, 0.15) is 18.1 Å². The molecule has 3 rings (SSSR count). The molecule has 1 aliphatic rings. The van der Waals surface area contributed by atoms with Crippen LogP contribution in [0.2, 0.25) is 0 Å². The van der Waals surface area contributed by atoms with Gasteiger partial charge in [-0.2, -0.15) is 0 Å². The molecule has 0 radical (unpaired) electrons. The fraction of sp³-hybridized carbons (Fsp3) is 0.400. The molecule has 128 valence electrons. The maximum Gasteiger partial charge on any atom is 0.124 e. The molecule has 1 heterocycles. The van der Waals surface area contributed by atoms with E-state index < -0.39 is 0 Å². The second-order valence-corrected chi connectivity index (χ2v) is 6.15. The lowest BCUT2D eigenvalue weighted by atomic mass is 9.99. The van der Waals surface area contributed by atoms with Gasteiger partial charge in [0, 0.05) is 23.7 Å². The topological polar surface area (TPSA) is 50.7 Å². The molecule has 1 atom stereocenters. The SMILES string of the molecule is Cc1ccc2c(c1)C(NCc1ccccc1OCCO)CCCO2. The minimum Gasteiger partial charge on any atom is -0.493 e. The van der Waals surface area contributed by atoms with E-state index in [2.05, 4.69) is 36.5 Å². The van der Waals surface area contributed by atoms with E-state index in [0.717, 1.165) is 43.1 Å². The lowest BCUT2D eigenvalue weighted by molar-refractivity contribution is 0.200. The maximum atomic E-state index is 8.96. The van der Waals surface area contributed by atoms with Gasteiger partial charge < -0.3 is 19.9 Å². The summed E-state index contributed by atoms with van der Waals surface area (Å²) in [6, 6.07) is 14.6. The van der Waals surface area contributed by atoms with Gasteiger partial charge in [-0.3, -0.25) is 0 Å². The molecular weight excluding hydrogens is 302 g/mol. The molecule has 4 heteroatoms. The third-order valence-corrected chi connectivity index (χ3v) is 4.30. The highest BCUT2D eigenvalue weighted by atomic mass is 16.5. The summed E-state index contributed by atoms with van der Waals surface area (Å²) >= 11 is 0. The van der Waals surface area contributed by atoms with Gasteiger partial charge in [-0.1, -0.05) is 35.9 Å². The molecular formula is C20H25NO3. The van der Waals surface area contributed by atoms with Crippen LogP contribution in [0.5, 0.6) is 11.5 Å². The molecule has 1 unspecified atom stereocenters. The van der Waals surface area contributed by atoms with E-state index in [4.69, 9.17) is 14.6 Å². The monoisotopic (exact) mass is 327 g/mol. The van der Waals surface area contributed by atoms with Crippen molar-refractivity contribution in [2.45, 2.75) is 32.4 Å². The zero-order valence-corrected chi connectivity index (χ0v) is 14.1. The van der Waals surface area contributed by atoms with Crippen LogP contribution in [0, 0.1) is 6.92 Å². The quantitative estimate of drug-likeness (QED) is 0.854. The first-order chi connectivity index (χ1) is 11.8. The fourth-order valence-electron chi connectivity index (χ4n) is 3.09. The average Bonchev–Trinajstić information content (AvgIpc) is 2.80. The molecule has 0 saturated carbocycles. The van der Waals surface area contributed by atoms with Crippen LogP contribution in [0.15, 0.2) is 42.5 Å². The molecule has 0 saturated heterocycles. The Morgan fingerprint density at radius 2 is 2.12 bits per heavy atom. The Labute approximate surface area is 143 Å². The zero-order chi connectivity index (χ0) is 16.8. The summed E-state index contributed by atoms with van der Waals surface area (Å²) < 4.78 is 11.5. The van der Waals surface area contributed by atoms with E-state index in [9.17, 15) is 0 Å². The highest BCUT2D eigenvalue weighted by Gasteiger charge is 2.20. The molecule has 0 aromatic heterocycles.